The summed E-state index contributed by atoms with van der Waals surface area (Å²) < 4.78 is 10.3. The third-order valence-electron chi connectivity index (χ3n) is 4.58. The predicted octanol–water partition coefficient (Wildman–Crippen LogP) is 2.49. The largest absolute Gasteiger partial charge is 0.496 e. The molecule has 1 aromatic rings. The monoisotopic (exact) mass is 408 g/mol. The van der Waals surface area contributed by atoms with Crippen molar-refractivity contribution in [3.63, 3.8) is 0 Å². The SMILES string of the molecule is COC(=O)CCC(C(N)=O)N1Cc2c(ccc(CSC(C)(C)C)c2OC)C1=O. The Kier molecular flexibility index (Phi) is 6.98. The zero-order chi connectivity index (χ0) is 21.1. The number of carbonyl (C=O) groups is 3. The lowest BCUT2D eigenvalue weighted by Gasteiger charge is -2.24. The van der Waals surface area contributed by atoms with Gasteiger partial charge in [0.05, 0.1) is 20.8 Å². The van der Waals surface area contributed by atoms with Crippen LogP contribution in [-0.4, -0.2) is 47.7 Å². The molecule has 154 valence electrons. The summed E-state index contributed by atoms with van der Waals surface area (Å²) in [6.07, 6.45) is 0.131. The molecule has 2 N–H and O–H groups in total. The first-order valence-corrected chi connectivity index (χ1v) is 10.1. The minimum absolute atomic E-state index is 0.00877. The van der Waals surface area contributed by atoms with Gasteiger partial charge in [0.1, 0.15) is 11.8 Å². The molecule has 2 rings (SSSR count). The van der Waals surface area contributed by atoms with Gasteiger partial charge in [-0.3, -0.25) is 14.4 Å². The quantitative estimate of drug-likeness (QED) is 0.664. The molecule has 0 saturated carbocycles. The van der Waals surface area contributed by atoms with Crippen molar-refractivity contribution in [1.29, 1.82) is 0 Å². The van der Waals surface area contributed by atoms with E-state index in [1.54, 1.807) is 24.9 Å². The van der Waals surface area contributed by atoms with E-state index < -0.39 is 17.9 Å². The van der Waals surface area contributed by atoms with E-state index in [4.69, 9.17) is 10.5 Å². The molecule has 2 amide bonds. The van der Waals surface area contributed by atoms with Crippen molar-refractivity contribution in [2.75, 3.05) is 14.2 Å². The Morgan fingerprint density at radius 1 is 1.29 bits per heavy atom. The number of amides is 2. The van der Waals surface area contributed by atoms with Gasteiger partial charge in [-0.2, -0.15) is 11.8 Å². The van der Waals surface area contributed by atoms with Gasteiger partial charge in [-0.25, -0.2) is 0 Å². The van der Waals surface area contributed by atoms with E-state index in [0.29, 0.717) is 11.3 Å². The van der Waals surface area contributed by atoms with Gasteiger partial charge in [-0.15, -0.1) is 0 Å². The van der Waals surface area contributed by atoms with Gasteiger partial charge >= 0.3 is 5.97 Å². The first-order chi connectivity index (χ1) is 13.1. The van der Waals surface area contributed by atoms with E-state index >= 15 is 0 Å². The summed E-state index contributed by atoms with van der Waals surface area (Å²) in [5, 5.41) is 0. The summed E-state index contributed by atoms with van der Waals surface area (Å²) in [4.78, 5) is 37.7. The zero-order valence-electron chi connectivity index (χ0n) is 17.0. The van der Waals surface area contributed by atoms with Crippen LogP contribution in [0.1, 0.15) is 55.1 Å². The van der Waals surface area contributed by atoms with Gasteiger partial charge in [0.2, 0.25) is 5.91 Å². The van der Waals surface area contributed by atoms with Gasteiger partial charge in [0, 0.05) is 33.6 Å². The highest BCUT2D eigenvalue weighted by Crippen LogP contribution is 2.38. The molecule has 1 atom stereocenters. The summed E-state index contributed by atoms with van der Waals surface area (Å²) in [7, 11) is 2.86. The molecule has 0 saturated heterocycles. The predicted molar refractivity (Wildman–Crippen MR) is 108 cm³/mol. The molecule has 8 heteroatoms. The topological polar surface area (TPSA) is 98.9 Å². The molecule has 0 bridgehead atoms. The van der Waals surface area contributed by atoms with E-state index in [0.717, 1.165) is 16.9 Å². The normalized spacial score (nSPS) is 14.6. The number of primary amides is 1. The third kappa shape index (κ3) is 4.98. The van der Waals surface area contributed by atoms with Crippen molar-refractivity contribution >= 4 is 29.5 Å². The first kappa shape index (κ1) is 22.1. The average molecular weight is 409 g/mol. The Morgan fingerprint density at radius 2 is 1.96 bits per heavy atom. The molecule has 1 aliphatic heterocycles. The van der Waals surface area contributed by atoms with E-state index in [9.17, 15) is 14.4 Å². The second-order valence-corrected chi connectivity index (χ2v) is 9.45. The van der Waals surface area contributed by atoms with Gasteiger partial charge in [0.25, 0.3) is 5.91 Å². The molecule has 1 heterocycles. The van der Waals surface area contributed by atoms with Crippen LogP contribution in [0, 0.1) is 0 Å². The van der Waals surface area contributed by atoms with Crippen LogP contribution in [0.4, 0.5) is 0 Å². The van der Waals surface area contributed by atoms with Crippen LogP contribution in [0.15, 0.2) is 12.1 Å². The number of nitrogens with zero attached hydrogens (tertiary/aromatic N) is 1. The molecule has 28 heavy (non-hydrogen) atoms. The number of esters is 1. The second kappa shape index (κ2) is 8.86. The molecule has 0 spiro atoms. The van der Waals surface area contributed by atoms with E-state index in [-0.39, 0.29) is 30.0 Å². The molecule has 0 aromatic heterocycles. The molecule has 7 nitrogen and oxygen atoms in total. The number of benzene rings is 1. The summed E-state index contributed by atoms with van der Waals surface area (Å²) in [6, 6.07) is 2.79. The maximum Gasteiger partial charge on any atom is 0.305 e. The fourth-order valence-electron chi connectivity index (χ4n) is 3.15. The molecule has 1 aromatic carbocycles. The highest BCUT2D eigenvalue weighted by Gasteiger charge is 2.38. The summed E-state index contributed by atoms with van der Waals surface area (Å²) in [5.74, 6) is 0.0377. The molecule has 0 radical (unpaired) electrons. The Labute approximate surface area is 169 Å². The number of nitrogens with two attached hydrogens (primary N) is 1. The smallest absolute Gasteiger partial charge is 0.305 e. The third-order valence-corrected chi connectivity index (χ3v) is 5.90. The summed E-state index contributed by atoms with van der Waals surface area (Å²) >= 11 is 1.78. The van der Waals surface area contributed by atoms with E-state index in [1.807, 2.05) is 6.07 Å². The van der Waals surface area contributed by atoms with Crippen LogP contribution in [0.2, 0.25) is 0 Å². The molecular formula is C20H28N2O5S. The lowest BCUT2D eigenvalue weighted by atomic mass is 10.1. The maximum atomic E-state index is 12.9. The highest BCUT2D eigenvalue weighted by atomic mass is 32.2. The van der Waals surface area contributed by atoms with Crippen LogP contribution in [0.3, 0.4) is 0 Å². The van der Waals surface area contributed by atoms with Crippen LogP contribution in [0.25, 0.3) is 0 Å². The van der Waals surface area contributed by atoms with Crippen molar-refractivity contribution in [1.82, 2.24) is 4.90 Å². The standard InChI is InChI=1S/C20H28N2O5S/c1-20(2,3)28-11-12-6-7-13-14(17(12)27-5)10-22(19(13)25)15(18(21)24)8-9-16(23)26-4/h6-7,15H,8-11H2,1-5H3,(H2,21,24). The first-order valence-electron chi connectivity index (χ1n) is 9.08. The number of methoxy groups -OCH3 is 2. The molecule has 1 aliphatic rings. The van der Waals surface area contributed by atoms with E-state index in [1.165, 1.54) is 12.0 Å². The summed E-state index contributed by atoms with van der Waals surface area (Å²) in [5.41, 5.74) is 7.78. The minimum atomic E-state index is -0.879. The van der Waals surface area contributed by atoms with Crippen LogP contribution in [-0.2, 0) is 26.6 Å². The number of fused-ring (bicyclic) bond motifs is 1. The van der Waals surface area contributed by atoms with Crippen molar-refractivity contribution in [2.45, 2.75) is 56.7 Å². The lowest BCUT2D eigenvalue weighted by Crippen LogP contribution is -2.45. The van der Waals surface area contributed by atoms with Gasteiger partial charge in [-0.1, -0.05) is 26.8 Å². The fraction of sp³-hybridized carbons (Fsp3) is 0.550. The number of rotatable bonds is 8. The van der Waals surface area contributed by atoms with Crippen molar-refractivity contribution < 1.29 is 23.9 Å². The zero-order valence-corrected chi connectivity index (χ0v) is 17.9. The molecular weight excluding hydrogens is 380 g/mol. The number of thioether (sulfide) groups is 1. The number of ether oxygens (including phenoxy) is 2. The summed E-state index contributed by atoms with van der Waals surface area (Å²) in [6.45, 7) is 6.64. The van der Waals surface area contributed by atoms with Crippen LogP contribution >= 0.6 is 11.8 Å². The van der Waals surface area contributed by atoms with Crippen LogP contribution in [0.5, 0.6) is 5.75 Å². The Hall–Kier alpha value is -2.22. The lowest BCUT2D eigenvalue weighted by molar-refractivity contribution is -0.141. The maximum absolute atomic E-state index is 12.9. The van der Waals surface area contributed by atoms with E-state index in [2.05, 4.69) is 25.5 Å². The number of hydrogen-bond donors (Lipinski definition) is 1. The van der Waals surface area contributed by atoms with Gasteiger partial charge < -0.3 is 20.1 Å². The average Bonchev–Trinajstić information content (AvgIpc) is 2.95. The Bertz CT molecular complexity index is 773. The second-order valence-electron chi connectivity index (χ2n) is 7.65. The minimum Gasteiger partial charge on any atom is -0.496 e. The van der Waals surface area contributed by atoms with Crippen molar-refractivity contribution in [3.8, 4) is 5.75 Å². The van der Waals surface area contributed by atoms with Crippen molar-refractivity contribution in [3.05, 3.63) is 28.8 Å². The highest BCUT2D eigenvalue weighted by molar-refractivity contribution is 7.99. The van der Waals surface area contributed by atoms with Crippen molar-refractivity contribution in [2.24, 2.45) is 5.73 Å². The fourth-order valence-corrected chi connectivity index (χ4v) is 3.97. The Morgan fingerprint density at radius 3 is 2.50 bits per heavy atom. The van der Waals surface area contributed by atoms with Crippen LogP contribution < -0.4 is 10.5 Å². The van der Waals surface area contributed by atoms with Gasteiger partial charge in [-0.05, 0) is 12.5 Å². The Balaban J connectivity index is 2.29. The number of hydrogen-bond acceptors (Lipinski definition) is 6. The molecule has 0 aliphatic carbocycles. The van der Waals surface area contributed by atoms with Gasteiger partial charge in [0.15, 0.2) is 0 Å². The molecule has 0 fully saturated rings. The number of carbonyl (C=O) groups excluding carboxylic acids is 3. The molecule has 1 unspecified atom stereocenters.